The molecule has 0 unspecified atom stereocenters. The fourth-order valence-corrected chi connectivity index (χ4v) is 3.33. The van der Waals surface area contributed by atoms with Gasteiger partial charge in [0.15, 0.2) is 17.3 Å². The molecule has 5 nitrogen and oxygen atoms in total. The maximum atomic E-state index is 11.7. The van der Waals surface area contributed by atoms with Gasteiger partial charge in [0.1, 0.15) is 12.4 Å². The second kappa shape index (κ2) is 12.1. The van der Waals surface area contributed by atoms with Crippen LogP contribution in [-0.4, -0.2) is 44.8 Å². The first-order valence-corrected chi connectivity index (χ1v) is 11.6. The second-order valence-electron chi connectivity index (χ2n) is 7.26. The largest absolute Gasteiger partial charge is 0.493 e. The fourth-order valence-electron chi connectivity index (χ4n) is 2.91. The van der Waals surface area contributed by atoms with Crippen LogP contribution in [0.5, 0.6) is 17.2 Å². The zero-order chi connectivity index (χ0) is 22.0. The summed E-state index contributed by atoms with van der Waals surface area (Å²) >= 11 is 7.13. The van der Waals surface area contributed by atoms with Crippen molar-refractivity contribution in [1.82, 2.24) is 4.72 Å². The first kappa shape index (κ1) is 24.4. The average Bonchev–Trinajstić information content (AvgIpc) is 2.76. The molecule has 0 aliphatic carbocycles. The Labute approximate surface area is 188 Å². The molecule has 164 valence electrons. The molecule has 7 heteroatoms. The predicted molar refractivity (Wildman–Crippen MR) is 124 cm³/mol. The number of carbonyl (C=O) groups excluding carboxylic acids is 1. The summed E-state index contributed by atoms with van der Waals surface area (Å²) in [6, 6.07) is 13.9. The zero-order valence-electron chi connectivity index (χ0n) is 18.0. The maximum Gasteiger partial charge on any atom is 0.184 e. The number of hydrogen-bond acceptors (Lipinski definition) is 6. The van der Waals surface area contributed by atoms with E-state index in [4.69, 9.17) is 25.8 Å². The Morgan fingerprint density at radius 2 is 1.77 bits per heavy atom. The molecule has 30 heavy (non-hydrogen) atoms. The SMILES string of the molecule is COc1cc(C(C)(C)c2ccc(OCC(=O)CNSC)cc2)ccc1OCCCCl. The normalized spacial score (nSPS) is 11.2. The second-order valence-corrected chi connectivity index (χ2v) is 8.33. The third-order valence-corrected chi connectivity index (χ3v) is 5.51. The van der Waals surface area contributed by atoms with Crippen LogP contribution in [0.25, 0.3) is 0 Å². The van der Waals surface area contributed by atoms with Crippen molar-refractivity contribution in [3.63, 3.8) is 0 Å². The summed E-state index contributed by atoms with van der Waals surface area (Å²) in [5.41, 5.74) is 1.98. The number of Topliss-reactive ketones (excluding diaryl/α,β-unsaturated/α-hetero) is 1. The smallest absolute Gasteiger partial charge is 0.184 e. The molecule has 0 bridgehead atoms. The summed E-state index contributed by atoms with van der Waals surface area (Å²) in [7, 11) is 1.64. The van der Waals surface area contributed by atoms with Crippen LogP contribution in [0.4, 0.5) is 0 Å². The fraction of sp³-hybridized carbons (Fsp3) is 0.435. The quantitative estimate of drug-likeness (QED) is 0.267. The Hall–Kier alpha value is -1.89. The number of ketones is 1. The Balaban J connectivity index is 2.09. The van der Waals surface area contributed by atoms with Crippen molar-refractivity contribution in [2.75, 3.05) is 39.0 Å². The van der Waals surface area contributed by atoms with Gasteiger partial charge < -0.3 is 14.2 Å². The molecule has 0 fully saturated rings. The highest BCUT2D eigenvalue weighted by molar-refractivity contribution is 7.96. The van der Waals surface area contributed by atoms with Gasteiger partial charge >= 0.3 is 0 Å². The molecule has 0 atom stereocenters. The molecule has 2 aromatic rings. The van der Waals surface area contributed by atoms with Gasteiger partial charge in [-0.15, -0.1) is 11.6 Å². The first-order chi connectivity index (χ1) is 14.4. The molecular formula is C23H30ClNO4S. The molecule has 1 N–H and O–H groups in total. The highest BCUT2D eigenvalue weighted by atomic mass is 35.5. The number of halogens is 1. The van der Waals surface area contributed by atoms with Crippen LogP contribution >= 0.6 is 23.5 Å². The van der Waals surface area contributed by atoms with E-state index < -0.39 is 0 Å². The van der Waals surface area contributed by atoms with Gasteiger partial charge in [-0.2, -0.15) is 0 Å². The van der Waals surface area contributed by atoms with Gasteiger partial charge in [0, 0.05) is 11.3 Å². The van der Waals surface area contributed by atoms with E-state index in [1.807, 2.05) is 42.7 Å². The molecule has 2 rings (SSSR count). The van der Waals surface area contributed by atoms with Crippen molar-refractivity contribution in [3.05, 3.63) is 53.6 Å². The van der Waals surface area contributed by atoms with Gasteiger partial charge in [0.2, 0.25) is 0 Å². The Morgan fingerprint density at radius 3 is 2.40 bits per heavy atom. The van der Waals surface area contributed by atoms with Gasteiger partial charge in [-0.25, -0.2) is 0 Å². The molecule has 0 saturated heterocycles. The Bertz CT molecular complexity index is 811. The molecular weight excluding hydrogens is 422 g/mol. The predicted octanol–water partition coefficient (Wildman–Crippen LogP) is 4.84. The standard InChI is InChI=1S/C23H30ClNO4S/c1-23(2,18-8-11-21(22(14-18)27-3)28-13-5-12-24)17-6-9-20(10-7-17)29-16-19(26)15-25-30-4/h6-11,14,25H,5,12-13,15-16H2,1-4H3. The lowest BCUT2D eigenvalue weighted by atomic mass is 9.78. The number of ether oxygens (including phenoxy) is 3. The highest BCUT2D eigenvalue weighted by Crippen LogP contribution is 2.37. The van der Waals surface area contributed by atoms with Crippen molar-refractivity contribution < 1.29 is 19.0 Å². The number of methoxy groups -OCH3 is 1. The minimum Gasteiger partial charge on any atom is -0.493 e. The lowest BCUT2D eigenvalue weighted by Gasteiger charge is -2.27. The van der Waals surface area contributed by atoms with E-state index in [0.717, 1.165) is 17.5 Å². The number of nitrogens with one attached hydrogen (secondary N) is 1. The molecule has 0 amide bonds. The summed E-state index contributed by atoms with van der Waals surface area (Å²) in [5, 5.41) is 0. The maximum absolute atomic E-state index is 11.7. The van der Waals surface area contributed by atoms with Crippen LogP contribution in [-0.2, 0) is 10.2 Å². The number of rotatable bonds is 13. The summed E-state index contributed by atoms with van der Waals surface area (Å²) in [4.78, 5) is 11.7. The van der Waals surface area contributed by atoms with Gasteiger partial charge in [-0.05, 0) is 48.1 Å². The summed E-state index contributed by atoms with van der Waals surface area (Å²) in [6.45, 7) is 5.21. The van der Waals surface area contributed by atoms with E-state index >= 15 is 0 Å². The number of benzene rings is 2. The molecule has 2 aromatic carbocycles. The summed E-state index contributed by atoms with van der Waals surface area (Å²) in [6.07, 6.45) is 2.67. The number of alkyl halides is 1. The van der Waals surface area contributed by atoms with E-state index in [9.17, 15) is 4.79 Å². The summed E-state index contributed by atoms with van der Waals surface area (Å²) < 4.78 is 19.8. The van der Waals surface area contributed by atoms with Crippen LogP contribution in [0.3, 0.4) is 0 Å². The van der Waals surface area contributed by atoms with E-state index in [2.05, 4.69) is 24.6 Å². The molecule has 0 aromatic heterocycles. The molecule has 0 aliphatic rings. The Kier molecular flexibility index (Phi) is 9.82. The van der Waals surface area contributed by atoms with Crippen molar-refractivity contribution in [2.24, 2.45) is 0 Å². The molecule has 0 spiro atoms. The van der Waals surface area contributed by atoms with Crippen LogP contribution in [0.2, 0.25) is 0 Å². The molecule has 0 aliphatic heterocycles. The lowest BCUT2D eigenvalue weighted by Crippen LogP contribution is -2.22. The monoisotopic (exact) mass is 451 g/mol. The molecule has 0 heterocycles. The van der Waals surface area contributed by atoms with Gasteiger partial charge in [0.05, 0.1) is 20.3 Å². The van der Waals surface area contributed by atoms with Crippen LogP contribution < -0.4 is 18.9 Å². The van der Waals surface area contributed by atoms with E-state index in [-0.39, 0.29) is 17.8 Å². The topological polar surface area (TPSA) is 56.8 Å². The van der Waals surface area contributed by atoms with E-state index in [0.29, 0.717) is 36.3 Å². The minimum atomic E-state index is -0.251. The van der Waals surface area contributed by atoms with Crippen molar-refractivity contribution in [1.29, 1.82) is 0 Å². The Morgan fingerprint density at radius 1 is 1.07 bits per heavy atom. The number of hydrogen-bond donors (Lipinski definition) is 1. The van der Waals surface area contributed by atoms with E-state index in [1.165, 1.54) is 11.9 Å². The molecule has 0 saturated carbocycles. The van der Waals surface area contributed by atoms with Gasteiger partial charge in [-0.1, -0.05) is 44.0 Å². The van der Waals surface area contributed by atoms with Crippen molar-refractivity contribution in [2.45, 2.75) is 25.7 Å². The highest BCUT2D eigenvalue weighted by Gasteiger charge is 2.24. The average molecular weight is 452 g/mol. The van der Waals surface area contributed by atoms with Crippen LogP contribution in [0, 0.1) is 0 Å². The third kappa shape index (κ3) is 6.83. The minimum absolute atomic E-state index is 0.00853. The van der Waals surface area contributed by atoms with Crippen LogP contribution in [0.1, 0.15) is 31.4 Å². The van der Waals surface area contributed by atoms with Crippen molar-refractivity contribution >= 4 is 29.3 Å². The zero-order valence-corrected chi connectivity index (χ0v) is 19.6. The first-order valence-electron chi connectivity index (χ1n) is 9.80. The van der Waals surface area contributed by atoms with Gasteiger partial charge in [-0.3, -0.25) is 9.52 Å². The van der Waals surface area contributed by atoms with E-state index in [1.54, 1.807) is 7.11 Å². The number of carbonyl (C=O) groups is 1. The van der Waals surface area contributed by atoms with Gasteiger partial charge in [0.25, 0.3) is 0 Å². The lowest BCUT2D eigenvalue weighted by molar-refractivity contribution is -0.119. The van der Waals surface area contributed by atoms with Crippen LogP contribution in [0.15, 0.2) is 42.5 Å². The third-order valence-electron chi connectivity index (χ3n) is 4.81. The van der Waals surface area contributed by atoms with Crippen molar-refractivity contribution in [3.8, 4) is 17.2 Å². The summed E-state index contributed by atoms with van der Waals surface area (Å²) in [5.74, 6) is 2.66. The molecule has 0 radical (unpaired) electrons.